The van der Waals surface area contributed by atoms with Crippen molar-refractivity contribution < 1.29 is 9.59 Å². The quantitative estimate of drug-likeness (QED) is 0.471. The van der Waals surface area contributed by atoms with E-state index in [2.05, 4.69) is 20.8 Å². The lowest BCUT2D eigenvalue weighted by Crippen LogP contribution is -2.07. The minimum atomic E-state index is -0.947. The van der Waals surface area contributed by atoms with Crippen LogP contribution < -0.4 is 0 Å². The van der Waals surface area contributed by atoms with Gasteiger partial charge in [-0.3, -0.25) is 9.59 Å². The largest absolute Gasteiger partial charge is 0.293 e. The number of fused-ring (bicyclic) bond motifs is 1. The van der Waals surface area contributed by atoms with Gasteiger partial charge in [-0.05, 0) is 78.4 Å². The van der Waals surface area contributed by atoms with Crippen molar-refractivity contribution in [2.24, 2.45) is 0 Å². The first kappa shape index (κ1) is 13.8. The van der Waals surface area contributed by atoms with Gasteiger partial charge in [-0.15, -0.1) is 0 Å². The van der Waals surface area contributed by atoms with Crippen molar-refractivity contribution in [1.82, 2.24) is 0 Å². The second-order valence-corrected chi connectivity index (χ2v) is 5.21. The van der Waals surface area contributed by atoms with Crippen LogP contribution in [0.25, 0.3) is 10.8 Å². The molecule has 2 rings (SSSR count). The number of halogens is 1. The van der Waals surface area contributed by atoms with Crippen LogP contribution in [-0.2, 0) is 4.79 Å². The SMILES string of the molecule is Cc1c(C)c(C)c2cc(C(=O)C(=O)Cl)ccc2c1C. The average Bonchev–Trinajstić information content (AvgIpc) is 2.41. The zero-order valence-electron chi connectivity index (χ0n) is 11.4. The summed E-state index contributed by atoms with van der Waals surface area (Å²) >= 11 is 5.25. The van der Waals surface area contributed by atoms with Gasteiger partial charge in [-0.25, -0.2) is 0 Å². The van der Waals surface area contributed by atoms with Gasteiger partial charge >= 0.3 is 0 Å². The number of hydrogen-bond donors (Lipinski definition) is 0. The molecular weight excluding hydrogens is 260 g/mol. The summed E-state index contributed by atoms with van der Waals surface area (Å²) in [5, 5.41) is 1.17. The Hall–Kier alpha value is -1.67. The Morgan fingerprint density at radius 1 is 0.842 bits per heavy atom. The maximum Gasteiger partial charge on any atom is 0.293 e. The predicted molar refractivity (Wildman–Crippen MR) is 78.1 cm³/mol. The fourth-order valence-corrected chi connectivity index (χ4v) is 2.51. The van der Waals surface area contributed by atoms with E-state index in [4.69, 9.17) is 11.6 Å². The minimum Gasteiger partial charge on any atom is -0.284 e. The molecule has 2 nitrogen and oxygen atoms in total. The monoisotopic (exact) mass is 274 g/mol. The molecule has 0 heterocycles. The lowest BCUT2D eigenvalue weighted by Gasteiger charge is -2.14. The van der Waals surface area contributed by atoms with Gasteiger partial charge in [0.05, 0.1) is 0 Å². The van der Waals surface area contributed by atoms with Gasteiger partial charge in [0, 0.05) is 5.56 Å². The van der Waals surface area contributed by atoms with Gasteiger partial charge < -0.3 is 0 Å². The van der Waals surface area contributed by atoms with E-state index >= 15 is 0 Å². The number of carbonyl (C=O) groups is 2. The summed E-state index contributed by atoms with van der Waals surface area (Å²) in [6, 6.07) is 5.30. The Bertz CT molecular complexity index is 714. The highest BCUT2D eigenvalue weighted by Gasteiger charge is 2.16. The smallest absolute Gasteiger partial charge is 0.284 e. The Balaban J connectivity index is 2.81. The molecule has 0 radical (unpaired) electrons. The van der Waals surface area contributed by atoms with Gasteiger partial charge in [0.2, 0.25) is 5.78 Å². The molecule has 98 valence electrons. The number of aryl methyl sites for hydroxylation is 2. The second-order valence-electron chi connectivity index (χ2n) is 4.86. The zero-order chi connectivity index (χ0) is 14.3. The van der Waals surface area contributed by atoms with E-state index in [1.54, 1.807) is 12.1 Å². The Morgan fingerprint density at radius 2 is 1.37 bits per heavy atom. The van der Waals surface area contributed by atoms with Crippen LogP contribution in [0.1, 0.15) is 32.6 Å². The van der Waals surface area contributed by atoms with Gasteiger partial charge in [0.15, 0.2) is 0 Å². The molecule has 0 N–H and O–H groups in total. The molecule has 0 fully saturated rings. The highest BCUT2D eigenvalue weighted by Crippen LogP contribution is 2.29. The van der Waals surface area contributed by atoms with Gasteiger partial charge in [0.1, 0.15) is 0 Å². The number of Topliss-reactive ketones (excluding diaryl/α,β-unsaturated/α-hetero) is 1. The highest BCUT2D eigenvalue weighted by molar-refractivity contribution is 6.83. The van der Waals surface area contributed by atoms with E-state index in [0.29, 0.717) is 5.56 Å². The summed E-state index contributed by atoms with van der Waals surface area (Å²) in [4.78, 5) is 22.6. The molecule has 0 spiro atoms. The summed E-state index contributed by atoms with van der Waals surface area (Å²) in [6.07, 6.45) is 0. The van der Waals surface area contributed by atoms with Crippen LogP contribution in [0.15, 0.2) is 18.2 Å². The molecule has 0 aliphatic carbocycles. The molecule has 0 aliphatic rings. The molecule has 0 saturated heterocycles. The minimum absolute atomic E-state index is 0.346. The van der Waals surface area contributed by atoms with E-state index in [1.165, 1.54) is 16.7 Å². The first-order chi connectivity index (χ1) is 8.84. The fraction of sp³-hybridized carbons (Fsp3) is 0.250. The maximum atomic E-state index is 11.7. The lowest BCUT2D eigenvalue weighted by atomic mass is 9.90. The highest BCUT2D eigenvalue weighted by atomic mass is 35.5. The van der Waals surface area contributed by atoms with Crippen molar-refractivity contribution >= 4 is 33.4 Å². The summed E-state index contributed by atoms with van der Waals surface area (Å²) in [7, 11) is 0. The number of ketones is 1. The molecule has 0 aliphatic heterocycles. The Kier molecular flexibility index (Phi) is 3.46. The molecule has 0 bridgehead atoms. The van der Waals surface area contributed by atoms with Gasteiger partial charge in [-0.1, -0.05) is 12.1 Å². The van der Waals surface area contributed by atoms with E-state index in [-0.39, 0.29) is 0 Å². The molecule has 3 heteroatoms. The van der Waals surface area contributed by atoms with Crippen molar-refractivity contribution in [2.75, 3.05) is 0 Å². The molecule has 19 heavy (non-hydrogen) atoms. The first-order valence-corrected chi connectivity index (χ1v) is 6.46. The van der Waals surface area contributed by atoms with Crippen LogP contribution in [0.2, 0.25) is 0 Å². The van der Waals surface area contributed by atoms with Crippen molar-refractivity contribution in [2.45, 2.75) is 27.7 Å². The molecule has 2 aromatic carbocycles. The maximum absolute atomic E-state index is 11.7. The normalized spacial score (nSPS) is 10.8. The van der Waals surface area contributed by atoms with E-state index in [9.17, 15) is 9.59 Å². The molecule has 0 amide bonds. The van der Waals surface area contributed by atoms with Crippen molar-refractivity contribution in [3.63, 3.8) is 0 Å². The fourth-order valence-electron chi connectivity index (χ4n) is 2.40. The van der Waals surface area contributed by atoms with Crippen molar-refractivity contribution in [3.8, 4) is 0 Å². The van der Waals surface area contributed by atoms with Crippen LogP contribution in [0.3, 0.4) is 0 Å². The standard InChI is InChI=1S/C16H15ClO2/c1-8-9(2)11(4)14-7-12(15(18)16(17)19)5-6-13(14)10(8)3/h5-7H,1-4H3. The zero-order valence-corrected chi connectivity index (χ0v) is 12.2. The summed E-state index contributed by atoms with van der Waals surface area (Å²) in [5.74, 6) is -0.654. The van der Waals surface area contributed by atoms with Crippen molar-refractivity contribution in [3.05, 3.63) is 46.0 Å². The summed E-state index contributed by atoms with van der Waals surface area (Å²) in [5.41, 5.74) is 5.16. The van der Waals surface area contributed by atoms with Crippen LogP contribution in [0.5, 0.6) is 0 Å². The van der Waals surface area contributed by atoms with E-state index in [0.717, 1.165) is 16.3 Å². The third-order valence-corrected chi connectivity index (χ3v) is 4.13. The lowest BCUT2D eigenvalue weighted by molar-refractivity contribution is -0.108. The third-order valence-electron chi connectivity index (χ3n) is 3.96. The number of benzene rings is 2. The third kappa shape index (κ3) is 2.17. The average molecular weight is 275 g/mol. The summed E-state index contributed by atoms with van der Waals surface area (Å²) < 4.78 is 0. The molecule has 0 unspecified atom stereocenters. The van der Waals surface area contributed by atoms with Crippen LogP contribution >= 0.6 is 11.6 Å². The van der Waals surface area contributed by atoms with Gasteiger partial charge in [0.25, 0.3) is 5.24 Å². The Morgan fingerprint density at radius 3 is 1.89 bits per heavy atom. The van der Waals surface area contributed by atoms with E-state index in [1.807, 2.05) is 13.0 Å². The second kappa shape index (κ2) is 4.78. The molecule has 2 aromatic rings. The number of rotatable bonds is 2. The molecular formula is C16H15ClO2. The van der Waals surface area contributed by atoms with Crippen LogP contribution in [0, 0.1) is 27.7 Å². The predicted octanol–water partition coefficient (Wildman–Crippen LogP) is 4.02. The van der Waals surface area contributed by atoms with E-state index < -0.39 is 11.0 Å². The van der Waals surface area contributed by atoms with Crippen molar-refractivity contribution in [1.29, 1.82) is 0 Å². The molecule has 0 saturated carbocycles. The van der Waals surface area contributed by atoms with Crippen LogP contribution in [-0.4, -0.2) is 11.0 Å². The summed E-state index contributed by atoms with van der Waals surface area (Å²) in [6.45, 7) is 8.26. The van der Waals surface area contributed by atoms with Gasteiger partial charge in [-0.2, -0.15) is 0 Å². The molecule has 0 aromatic heterocycles. The Labute approximate surface area is 117 Å². The first-order valence-electron chi connectivity index (χ1n) is 6.09. The molecule has 0 atom stereocenters. The van der Waals surface area contributed by atoms with Crippen LogP contribution in [0.4, 0.5) is 0 Å². The number of carbonyl (C=O) groups excluding carboxylic acids is 2. The number of hydrogen-bond acceptors (Lipinski definition) is 2. The topological polar surface area (TPSA) is 34.1 Å².